The topological polar surface area (TPSA) is 21.3 Å². The lowest BCUT2D eigenvalue weighted by Crippen LogP contribution is -2.45. The van der Waals surface area contributed by atoms with Crippen molar-refractivity contribution in [1.82, 2.24) is 5.32 Å². The van der Waals surface area contributed by atoms with Crippen molar-refractivity contribution >= 4 is 0 Å². The molecular formula is C12H23NO. The Hall–Kier alpha value is -0.0800. The van der Waals surface area contributed by atoms with Gasteiger partial charge in [-0.1, -0.05) is 20.3 Å². The van der Waals surface area contributed by atoms with E-state index < -0.39 is 0 Å². The maximum absolute atomic E-state index is 5.84. The molecule has 14 heavy (non-hydrogen) atoms. The highest BCUT2D eigenvalue weighted by atomic mass is 16.5. The zero-order valence-electron chi connectivity index (χ0n) is 9.62. The van der Waals surface area contributed by atoms with Gasteiger partial charge in [0.15, 0.2) is 0 Å². The Morgan fingerprint density at radius 3 is 2.64 bits per heavy atom. The molecule has 2 bridgehead atoms. The summed E-state index contributed by atoms with van der Waals surface area (Å²) in [6, 6.07) is 1.27. The van der Waals surface area contributed by atoms with E-state index in [-0.39, 0.29) is 0 Å². The Labute approximate surface area is 87.4 Å². The Morgan fingerprint density at radius 2 is 2.14 bits per heavy atom. The fraction of sp³-hybridized carbons (Fsp3) is 1.00. The van der Waals surface area contributed by atoms with E-state index in [2.05, 4.69) is 26.1 Å². The fourth-order valence-electron chi connectivity index (χ4n) is 2.67. The maximum atomic E-state index is 5.84. The smallest absolute Gasteiger partial charge is 0.0733 e. The van der Waals surface area contributed by atoms with E-state index in [1.54, 1.807) is 0 Å². The van der Waals surface area contributed by atoms with Crippen LogP contribution in [-0.4, -0.2) is 24.3 Å². The van der Waals surface area contributed by atoms with E-state index in [9.17, 15) is 0 Å². The third-order valence-corrected chi connectivity index (χ3v) is 4.08. The lowest BCUT2D eigenvalue weighted by atomic mass is 9.93. The second-order valence-electron chi connectivity index (χ2n) is 5.06. The summed E-state index contributed by atoms with van der Waals surface area (Å²) >= 11 is 0. The first-order valence-corrected chi connectivity index (χ1v) is 6.12. The number of fused-ring (bicyclic) bond motifs is 2. The first-order valence-electron chi connectivity index (χ1n) is 6.12. The van der Waals surface area contributed by atoms with Crippen LogP contribution in [0.4, 0.5) is 0 Å². The van der Waals surface area contributed by atoms with Crippen LogP contribution < -0.4 is 5.32 Å². The highest BCUT2D eigenvalue weighted by Crippen LogP contribution is 2.34. The summed E-state index contributed by atoms with van der Waals surface area (Å²) < 4.78 is 5.84. The number of hydrogen-bond donors (Lipinski definition) is 1. The maximum Gasteiger partial charge on any atom is 0.0733 e. The second kappa shape index (κ2) is 4.19. The van der Waals surface area contributed by atoms with Crippen molar-refractivity contribution in [3.05, 3.63) is 0 Å². The molecule has 2 aliphatic rings. The molecule has 0 aromatic rings. The average Bonchev–Trinajstić information content (AvgIpc) is 2.77. The number of nitrogens with one attached hydrogen (secondary N) is 1. The van der Waals surface area contributed by atoms with Gasteiger partial charge in [0.2, 0.25) is 0 Å². The van der Waals surface area contributed by atoms with Gasteiger partial charge in [-0.3, -0.25) is 0 Å². The van der Waals surface area contributed by atoms with Gasteiger partial charge < -0.3 is 10.1 Å². The van der Waals surface area contributed by atoms with Gasteiger partial charge in [0.05, 0.1) is 12.2 Å². The molecule has 0 radical (unpaired) electrons. The van der Waals surface area contributed by atoms with Crippen LogP contribution in [0.25, 0.3) is 0 Å². The van der Waals surface area contributed by atoms with Crippen molar-refractivity contribution in [1.29, 1.82) is 0 Å². The summed E-state index contributed by atoms with van der Waals surface area (Å²) in [5.41, 5.74) is 0. The lowest BCUT2D eigenvalue weighted by Gasteiger charge is -2.27. The van der Waals surface area contributed by atoms with E-state index in [0.717, 1.165) is 5.92 Å². The Kier molecular flexibility index (Phi) is 3.13. The molecule has 5 atom stereocenters. The molecular weight excluding hydrogens is 174 g/mol. The molecule has 2 rings (SSSR count). The molecule has 2 saturated heterocycles. The Bertz CT molecular complexity index is 195. The zero-order chi connectivity index (χ0) is 10.1. The standard InChI is InChI=1S/C12H23NO/c1-4-8(2)9(3)13-11-7-10-5-6-12(11)14-10/h8-13H,4-7H2,1-3H3. The predicted octanol–water partition coefficient (Wildman–Crippen LogP) is 2.33. The van der Waals surface area contributed by atoms with Crippen molar-refractivity contribution in [2.45, 2.75) is 70.7 Å². The van der Waals surface area contributed by atoms with Crippen molar-refractivity contribution in [2.75, 3.05) is 0 Å². The molecule has 0 spiro atoms. The number of ether oxygens (including phenoxy) is 1. The fourth-order valence-corrected chi connectivity index (χ4v) is 2.67. The first-order chi connectivity index (χ1) is 6.70. The van der Waals surface area contributed by atoms with Crippen LogP contribution in [0, 0.1) is 5.92 Å². The molecule has 82 valence electrons. The summed E-state index contributed by atoms with van der Waals surface area (Å²) in [4.78, 5) is 0. The largest absolute Gasteiger partial charge is 0.373 e. The normalized spacial score (nSPS) is 40.1. The molecule has 2 nitrogen and oxygen atoms in total. The van der Waals surface area contributed by atoms with Crippen LogP contribution in [-0.2, 0) is 4.74 Å². The van der Waals surface area contributed by atoms with Gasteiger partial charge in [0.1, 0.15) is 0 Å². The quantitative estimate of drug-likeness (QED) is 0.747. The minimum absolute atomic E-state index is 0.520. The molecule has 0 amide bonds. The van der Waals surface area contributed by atoms with Crippen LogP contribution >= 0.6 is 0 Å². The van der Waals surface area contributed by atoms with Gasteiger partial charge in [0, 0.05) is 12.1 Å². The van der Waals surface area contributed by atoms with E-state index >= 15 is 0 Å². The highest BCUT2D eigenvalue weighted by Gasteiger charge is 2.41. The summed E-state index contributed by atoms with van der Waals surface area (Å²) in [5.74, 6) is 0.772. The molecule has 2 heterocycles. The average molecular weight is 197 g/mol. The second-order valence-corrected chi connectivity index (χ2v) is 5.06. The SMILES string of the molecule is CCC(C)C(C)NC1CC2CCC1O2. The van der Waals surface area contributed by atoms with Gasteiger partial charge in [-0.05, 0) is 32.1 Å². The van der Waals surface area contributed by atoms with E-state index in [1.807, 2.05) is 0 Å². The molecule has 1 N–H and O–H groups in total. The molecule has 0 aromatic carbocycles. The summed E-state index contributed by atoms with van der Waals surface area (Å²) in [6.45, 7) is 6.89. The first kappa shape index (κ1) is 10.4. The molecule has 0 aromatic heterocycles. The van der Waals surface area contributed by atoms with Gasteiger partial charge in [-0.2, -0.15) is 0 Å². The van der Waals surface area contributed by atoms with E-state index in [1.165, 1.54) is 25.7 Å². The van der Waals surface area contributed by atoms with Crippen LogP contribution in [0.3, 0.4) is 0 Å². The van der Waals surface area contributed by atoms with Crippen molar-refractivity contribution in [3.63, 3.8) is 0 Å². The van der Waals surface area contributed by atoms with Crippen molar-refractivity contribution < 1.29 is 4.74 Å². The summed E-state index contributed by atoms with van der Waals surface area (Å²) in [6.07, 6.45) is 6.16. The highest BCUT2D eigenvalue weighted by molar-refractivity contribution is 4.95. The predicted molar refractivity (Wildman–Crippen MR) is 58.4 cm³/mol. The lowest BCUT2D eigenvalue weighted by molar-refractivity contribution is 0.0951. The van der Waals surface area contributed by atoms with Crippen LogP contribution in [0.1, 0.15) is 46.5 Å². The molecule has 2 heteroatoms. The molecule has 2 fully saturated rings. The minimum atomic E-state index is 0.520. The van der Waals surface area contributed by atoms with Crippen molar-refractivity contribution in [2.24, 2.45) is 5.92 Å². The molecule has 2 aliphatic heterocycles. The van der Waals surface area contributed by atoms with Gasteiger partial charge in [-0.25, -0.2) is 0 Å². The van der Waals surface area contributed by atoms with Crippen LogP contribution in [0.2, 0.25) is 0 Å². The number of rotatable bonds is 4. The van der Waals surface area contributed by atoms with Crippen LogP contribution in [0.5, 0.6) is 0 Å². The third-order valence-electron chi connectivity index (χ3n) is 4.08. The third kappa shape index (κ3) is 1.96. The van der Waals surface area contributed by atoms with E-state index in [0.29, 0.717) is 24.3 Å². The summed E-state index contributed by atoms with van der Waals surface area (Å²) in [5, 5.41) is 3.74. The van der Waals surface area contributed by atoms with Crippen LogP contribution in [0.15, 0.2) is 0 Å². The zero-order valence-corrected chi connectivity index (χ0v) is 9.62. The monoisotopic (exact) mass is 197 g/mol. The Morgan fingerprint density at radius 1 is 1.36 bits per heavy atom. The van der Waals surface area contributed by atoms with Gasteiger partial charge in [-0.15, -0.1) is 0 Å². The Balaban J connectivity index is 1.80. The minimum Gasteiger partial charge on any atom is -0.373 e. The van der Waals surface area contributed by atoms with Gasteiger partial charge in [0.25, 0.3) is 0 Å². The summed E-state index contributed by atoms with van der Waals surface area (Å²) in [7, 11) is 0. The molecule has 0 aliphatic carbocycles. The van der Waals surface area contributed by atoms with E-state index in [4.69, 9.17) is 4.74 Å². The molecule has 0 saturated carbocycles. The van der Waals surface area contributed by atoms with Crippen molar-refractivity contribution in [3.8, 4) is 0 Å². The molecule has 5 unspecified atom stereocenters. The number of hydrogen-bond acceptors (Lipinski definition) is 2. The van der Waals surface area contributed by atoms with Gasteiger partial charge >= 0.3 is 0 Å².